The number of hydrogen-bond donors (Lipinski definition) is 1. The summed E-state index contributed by atoms with van der Waals surface area (Å²) in [6.45, 7) is 19.1. The second kappa shape index (κ2) is 4.90. The number of allylic oxidation sites excluding steroid dienone is 4. The molecule has 0 radical (unpaired) electrons. The molecule has 0 aromatic rings. The van der Waals surface area contributed by atoms with Crippen LogP contribution in [0.3, 0.4) is 0 Å². The molecule has 0 bridgehead atoms. The first-order valence-corrected chi connectivity index (χ1v) is 5.80. The van der Waals surface area contributed by atoms with E-state index in [4.69, 9.17) is 5.73 Å². The summed E-state index contributed by atoms with van der Waals surface area (Å²) in [6, 6.07) is 0. The molecule has 1 nitrogen and oxygen atoms in total. The van der Waals surface area contributed by atoms with E-state index in [1.807, 2.05) is 12.2 Å². The van der Waals surface area contributed by atoms with E-state index < -0.39 is 0 Å². The molecule has 0 rings (SSSR count). The highest BCUT2D eigenvalue weighted by molar-refractivity contribution is 5.32. The zero-order valence-electron chi connectivity index (χ0n) is 11.9. The van der Waals surface area contributed by atoms with Crippen molar-refractivity contribution in [2.45, 2.75) is 48.5 Å². The van der Waals surface area contributed by atoms with Gasteiger partial charge in [0.05, 0.1) is 0 Å². The Morgan fingerprint density at radius 1 is 0.938 bits per heavy atom. The predicted octanol–water partition coefficient (Wildman–Crippen LogP) is 4.42. The van der Waals surface area contributed by atoms with Gasteiger partial charge in [-0.1, -0.05) is 53.7 Å². The first-order chi connectivity index (χ1) is 6.94. The Labute approximate surface area is 101 Å². The zero-order chi connectivity index (χ0) is 13.1. The normalized spacial score (nSPS) is 15.2. The highest BCUT2D eigenvalue weighted by Gasteiger charge is 2.14. The summed E-state index contributed by atoms with van der Waals surface area (Å²) >= 11 is 0. The maximum Gasteiger partial charge on any atom is 0.0316 e. The third kappa shape index (κ3) is 5.20. The molecule has 92 valence electrons. The minimum absolute atomic E-state index is 0.0775. The van der Waals surface area contributed by atoms with Gasteiger partial charge >= 0.3 is 0 Å². The Bertz CT molecular complexity index is 316. The molecule has 0 aromatic heterocycles. The molecule has 0 aliphatic carbocycles. The van der Waals surface area contributed by atoms with E-state index in [0.29, 0.717) is 0 Å². The van der Waals surface area contributed by atoms with Crippen molar-refractivity contribution >= 4 is 0 Å². The molecule has 0 saturated heterocycles. The number of hydrogen-bond acceptors (Lipinski definition) is 1. The second-order valence-electron chi connectivity index (χ2n) is 6.50. The summed E-state index contributed by atoms with van der Waals surface area (Å²) < 4.78 is 0. The van der Waals surface area contributed by atoms with Crippen LogP contribution >= 0.6 is 0 Å². The van der Waals surface area contributed by atoms with Crippen molar-refractivity contribution in [1.82, 2.24) is 0 Å². The van der Waals surface area contributed by atoms with Gasteiger partial charge in [0.15, 0.2) is 0 Å². The van der Waals surface area contributed by atoms with Gasteiger partial charge in [0.25, 0.3) is 0 Å². The Kier molecular flexibility index (Phi) is 4.60. The Balaban J connectivity index is 4.91. The van der Waals surface area contributed by atoms with Gasteiger partial charge in [0.1, 0.15) is 0 Å². The van der Waals surface area contributed by atoms with Crippen LogP contribution in [0.2, 0.25) is 0 Å². The molecule has 0 saturated carbocycles. The molecule has 0 spiro atoms. The minimum atomic E-state index is 0.0775. The molecule has 2 N–H and O–H groups in total. The van der Waals surface area contributed by atoms with Crippen LogP contribution in [0.25, 0.3) is 0 Å². The quantitative estimate of drug-likeness (QED) is 0.686. The van der Waals surface area contributed by atoms with Crippen LogP contribution in [-0.2, 0) is 0 Å². The summed E-state index contributed by atoms with van der Waals surface area (Å²) in [4.78, 5) is 0. The first-order valence-electron chi connectivity index (χ1n) is 5.80. The molecule has 0 aromatic carbocycles. The molecule has 0 heterocycles. The van der Waals surface area contributed by atoms with E-state index in [0.717, 1.165) is 11.3 Å². The fourth-order valence-corrected chi connectivity index (χ4v) is 0.926. The predicted molar refractivity (Wildman–Crippen MR) is 74.1 cm³/mol. The number of nitrogens with two attached hydrogens (primary N) is 1. The van der Waals surface area contributed by atoms with E-state index in [-0.39, 0.29) is 10.8 Å². The smallest absolute Gasteiger partial charge is 0.0316 e. The molecule has 0 aliphatic heterocycles. The van der Waals surface area contributed by atoms with Crippen molar-refractivity contribution < 1.29 is 0 Å². The van der Waals surface area contributed by atoms with Crippen molar-refractivity contribution in [1.29, 1.82) is 0 Å². The maximum absolute atomic E-state index is 5.99. The first kappa shape index (κ1) is 15.0. The Hall–Kier alpha value is -0.980. The van der Waals surface area contributed by atoms with Gasteiger partial charge < -0.3 is 5.73 Å². The summed E-state index contributed by atoms with van der Waals surface area (Å²) in [6.07, 6.45) is 4.01. The van der Waals surface area contributed by atoms with Gasteiger partial charge in [-0.25, -0.2) is 0 Å². The summed E-state index contributed by atoms with van der Waals surface area (Å²) in [5, 5.41) is 0. The van der Waals surface area contributed by atoms with E-state index in [2.05, 4.69) is 55.0 Å². The molecule has 0 fully saturated rings. The molecule has 0 aliphatic rings. The molecular formula is C15H27N. The van der Waals surface area contributed by atoms with Crippen LogP contribution in [0.15, 0.2) is 35.6 Å². The van der Waals surface area contributed by atoms with Crippen LogP contribution in [0.4, 0.5) is 0 Å². The van der Waals surface area contributed by atoms with Crippen molar-refractivity contribution in [2.24, 2.45) is 16.6 Å². The lowest BCUT2D eigenvalue weighted by Gasteiger charge is -2.21. The highest BCUT2D eigenvalue weighted by Crippen LogP contribution is 2.27. The largest absolute Gasteiger partial charge is 0.399 e. The fourth-order valence-electron chi connectivity index (χ4n) is 0.926. The monoisotopic (exact) mass is 221 g/mol. The lowest BCUT2D eigenvalue weighted by Crippen LogP contribution is -2.10. The topological polar surface area (TPSA) is 26.0 Å². The molecule has 16 heavy (non-hydrogen) atoms. The van der Waals surface area contributed by atoms with Crippen LogP contribution in [0, 0.1) is 10.8 Å². The fraction of sp³-hybridized carbons (Fsp3) is 0.600. The summed E-state index contributed by atoms with van der Waals surface area (Å²) in [5.41, 5.74) is 9.36. The van der Waals surface area contributed by atoms with Crippen molar-refractivity contribution in [3.63, 3.8) is 0 Å². The number of rotatable bonds is 2. The Morgan fingerprint density at radius 3 is 1.69 bits per heavy atom. The molecule has 0 unspecified atom stereocenters. The van der Waals surface area contributed by atoms with Crippen molar-refractivity contribution in [3.8, 4) is 0 Å². The van der Waals surface area contributed by atoms with Crippen LogP contribution in [-0.4, -0.2) is 0 Å². The van der Waals surface area contributed by atoms with Gasteiger partial charge in [-0.3, -0.25) is 0 Å². The third-order valence-electron chi connectivity index (χ3n) is 2.87. The molecule has 0 amide bonds. The van der Waals surface area contributed by atoms with Gasteiger partial charge in [-0.05, 0) is 35.5 Å². The van der Waals surface area contributed by atoms with Crippen molar-refractivity contribution in [2.75, 3.05) is 0 Å². The van der Waals surface area contributed by atoms with Gasteiger partial charge in [-0.2, -0.15) is 0 Å². The Morgan fingerprint density at radius 2 is 1.38 bits per heavy atom. The van der Waals surface area contributed by atoms with E-state index in [1.165, 1.54) is 5.57 Å². The van der Waals surface area contributed by atoms with E-state index in [9.17, 15) is 0 Å². The SMILES string of the molecule is C=C(/C=C(N)\C=C(/C)C(C)(C)C)C(C)(C)C. The maximum atomic E-state index is 5.99. The average molecular weight is 221 g/mol. The highest BCUT2D eigenvalue weighted by atomic mass is 14.6. The lowest BCUT2D eigenvalue weighted by atomic mass is 9.85. The van der Waals surface area contributed by atoms with Crippen molar-refractivity contribution in [3.05, 3.63) is 35.6 Å². The molecule has 0 atom stereocenters. The standard InChI is InChI=1S/C15H27N/c1-11(14(3,4)5)9-13(16)10-12(2)15(6,7)8/h9-10H,1,16H2,2-8H3/b12-10+,13-9+. The van der Waals surface area contributed by atoms with Gasteiger partial charge in [0.2, 0.25) is 0 Å². The zero-order valence-corrected chi connectivity index (χ0v) is 11.9. The van der Waals surface area contributed by atoms with E-state index in [1.54, 1.807) is 0 Å². The lowest BCUT2D eigenvalue weighted by molar-refractivity contribution is 0.503. The van der Waals surface area contributed by atoms with Crippen LogP contribution < -0.4 is 5.73 Å². The third-order valence-corrected chi connectivity index (χ3v) is 2.87. The van der Waals surface area contributed by atoms with E-state index >= 15 is 0 Å². The van der Waals surface area contributed by atoms with Crippen LogP contribution in [0.5, 0.6) is 0 Å². The van der Waals surface area contributed by atoms with Crippen LogP contribution in [0.1, 0.15) is 48.5 Å². The molecular weight excluding hydrogens is 194 g/mol. The van der Waals surface area contributed by atoms with Gasteiger partial charge in [0, 0.05) is 5.70 Å². The summed E-state index contributed by atoms with van der Waals surface area (Å²) in [5.74, 6) is 0. The summed E-state index contributed by atoms with van der Waals surface area (Å²) in [7, 11) is 0. The molecule has 1 heteroatoms. The average Bonchev–Trinajstić information content (AvgIpc) is 1.99. The second-order valence-corrected chi connectivity index (χ2v) is 6.50. The minimum Gasteiger partial charge on any atom is -0.399 e. The van der Waals surface area contributed by atoms with Gasteiger partial charge in [-0.15, -0.1) is 0 Å².